The summed E-state index contributed by atoms with van der Waals surface area (Å²) in [6.45, 7) is 3.33. The van der Waals surface area contributed by atoms with E-state index in [2.05, 4.69) is 11.0 Å². The van der Waals surface area contributed by atoms with Crippen LogP contribution in [0.1, 0.15) is 57.4 Å². The van der Waals surface area contributed by atoms with Crippen LogP contribution in [0.15, 0.2) is 30.5 Å². The Kier molecular flexibility index (Phi) is 6.22. The smallest absolute Gasteiger partial charge is 0.325 e. The second-order valence-electron chi connectivity index (χ2n) is 8.45. The summed E-state index contributed by atoms with van der Waals surface area (Å²) < 4.78 is 7.06. The van der Waals surface area contributed by atoms with Crippen molar-refractivity contribution < 1.29 is 14.3 Å². The van der Waals surface area contributed by atoms with E-state index >= 15 is 0 Å². The first-order valence-corrected chi connectivity index (χ1v) is 11.2. The van der Waals surface area contributed by atoms with Crippen LogP contribution in [0.2, 0.25) is 0 Å². The minimum atomic E-state index is -0.229. The summed E-state index contributed by atoms with van der Waals surface area (Å²) in [6.07, 6.45) is 10.7. The van der Waals surface area contributed by atoms with Crippen molar-refractivity contribution in [2.45, 2.75) is 70.9 Å². The first-order valence-electron chi connectivity index (χ1n) is 11.2. The molecule has 2 fully saturated rings. The predicted octanol–water partition coefficient (Wildman–Crippen LogP) is 4.32. The van der Waals surface area contributed by atoms with Crippen LogP contribution in [0, 0.1) is 5.92 Å². The zero-order valence-electron chi connectivity index (χ0n) is 17.4. The average molecular weight is 397 g/mol. The SMILES string of the molecule is CCOC(=O)Cn1cc(CCC(=O)N2CCCC3CCCCC32)c2ccccc21. The zero-order chi connectivity index (χ0) is 20.2. The molecule has 0 radical (unpaired) electrons. The molecule has 1 amide bonds. The third-order valence-electron chi connectivity index (χ3n) is 6.65. The van der Waals surface area contributed by atoms with Crippen LogP contribution >= 0.6 is 0 Å². The van der Waals surface area contributed by atoms with E-state index in [9.17, 15) is 9.59 Å². The molecule has 1 saturated carbocycles. The molecule has 5 heteroatoms. The molecule has 1 aliphatic heterocycles. The first kappa shape index (κ1) is 20.0. The number of piperidine rings is 1. The molecule has 1 aromatic heterocycles. The van der Waals surface area contributed by atoms with Gasteiger partial charge in [0, 0.05) is 36.1 Å². The number of rotatable bonds is 6. The summed E-state index contributed by atoms with van der Waals surface area (Å²) >= 11 is 0. The van der Waals surface area contributed by atoms with Crippen molar-refractivity contribution in [1.82, 2.24) is 9.47 Å². The van der Waals surface area contributed by atoms with Gasteiger partial charge in [-0.1, -0.05) is 31.0 Å². The Morgan fingerprint density at radius 3 is 2.76 bits per heavy atom. The topological polar surface area (TPSA) is 51.5 Å². The number of likely N-dealkylation sites (tertiary alicyclic amines) is 1. The van der Waals surface area contributed by atoms with Crippen molar-refractivity contribution in [3.8, 4) is 0 Å². The molecular formula is C24H32N2O3. The number of nitrogens with zero attached hydrogens (tertiary/aromatic N) is 2. The number of hydrogen-bond donors (Lipinski definition) is 0. The third-order valence-corrected chi connectivity index (χ3v) is 6.65. The van der Waals surface area contributed by atoms with Gasteiger partial charge in [-0.25, -0.2) is 0 Å². The number of hydrogen-bond acceptors (Lipinski definition) is 3. The molecule has 0 spiro atoms. The van der Waals surface area contributed by atoms with Gasteiger partial charge in [-0.2, -0.15) is 0 Å². The Bertz CT molecular complexity index is 870. The van der Waals surface area contributed by atoms with Gasteiger partial charge >= 0.3 is 5.97 Å². The van der Waals surface area contributed by atoms with Gasteiger partial charge in [0.25, 0.3) is 0 Å². The summed E-state index contributed by atoms with van der Waals surface area (Å²) in [5, 5.41) is 1.12. The van der Waals surface area contributed by atoms with Crippen molar-refractivity contribution in [3.05, 3.63) is 36.0 Å². The number of ether oxygens (including phenoxy) is 1. The second-order valence-corrected chi connectivity index (χ2v) is 8.45. The van der Waals surface area contributed by atoms with Gasteiger partial charge in [0.05, 0.1) is 6.61 Å². The Balaban J connectivity index is 1.46. The number of carbonyl (C=O) groups excluding carboxylic acids is 2. The molecule has 1 aliphatic carbocycles. The van der Waals surface area contributed by atoms with Crippen molar-refractivity contribution in [3.63, 3.8) is 0 Å². The molecule has 1 saturated heterocycles. The lowest BCUT2D eigenvalue weighted by Crippen LogP contribution is -2.49. The van der Waals surface area contributed by atoms with E-state index in [4.69, 9.17) is 4.74 Å². The zero-order valence-corrected chi connectivity index (χ0v) is 17.4. The molecule has 156 valence electrons. The minimum absolute atomic E-state index is 0.207. The van der Waals surface area contributed by atoms with Gasteiger partial charge in [-0.3, -0.25) is 9.59 Å². The monoisotopic (exact) mass is 396 g/mol. The average Bonchev–Trinajstić information content (AvgIpc) is 3.09. The molecule has 4 rings (SSSR count). The summed E-state index contributed by atoms with van der Waals surface area (Å²) in [4.78, 5) is 27.2. The van der Waals surface area contributed by atoms with Gasteiger partial charge < -0.3 is 14.2 Å². The molecule has 2 atom stereocenters. The number of esters is 1. The van der Waals surface area contributed by atoms with E-state index < -0.39 is 0 Å². The summed E-state index contributed by atoms with van der Waals surface area (Å²) in [6, 6.07) is 8.57. The quantitative estimate of drug-likeness (QED) is 0.684. The fraction of sp³-hybridized carbons (Fsp3) is 0.583. The highest BCUT2D eigenvalue weighted by molar-refractivity contribution is 5.86. The summed E-state index contributed by atoms with van der Waals surface area (Å²) in [5.74, 6) is 0.782. The van der Waals surface area contributed by atoms with Crippen LogP contribution in [0.25, 0.3) is 10.9 Å². The molecule has 0 bridgehead atoms. The number of carbonyl (C=O) groups is 2. The lowest BCUT2D eigenvalue weighted by Gasteiger charge is -2.44. The van der Waals surface area contributed by atoms with Crippen LogP contribution in [-0.4, -0.2) is 40.5 Å². The summed E-state index contributed by atoms with van der Waals surface area (Å²) in [5.41, 5.74) is 2.16. The maximum Gasteiger partial charge on any atom is 0.325 e. The van der Waals surface area contributed by atoms with Crippen LogP contribution in [-0.2, 0) is 27.3 Å². The van der Waals surface area contributed by atoms with Gasteiger partial charge in [0.2, 0.25) is 5.91 Å². The highest BCUT2D eigenvalue weighted by Crippen LogP contribution is 2.35. The highest BCUT2D eigenvalue weighted by atomic mass is 16.5. The normalized spacial score (nSPS) is 21.8. The molecule has 29 heavy (non-hydrogen) atoms. The molecule has 1 aromatic carbocycles. The van der Waals surface area contributed by atoms with E-state index in [-0.39, 0.29) is 12.5 Å². The Hall–Kier alpha value is -2.30. The lowest BCUT2D eigenvalue weighted by atomic mass is 9.78. The van der Waals surface area contributed by atoms with Gasteiger partial charge in [-0.05, 0) is 56.6 Å². The van der Waals surface area contributed by atoms with Crippen molar-refractivity contribution >= 4 is 22.8 Å². The predicted molar refractivity (Wildman–Crippen MR) is 114 cm³/mol. The number of benzene rings is 1. The maximum atomic E-state index is 13.1. The standard InChI is InChI=1S/C24H32N2O3/c1-2-29-24(28)17-25-16-19(20-10-4-6-12-22(20)25)13-14-23(27)26-15-7-9-18-8-3-5-11-21(18)26/h4,6,10,12,16,18,21H,2-3,5,7-9,11,13-15,17H2,1H3. The molecule has 5 nitrogen and oxygen atoms in total. The molecular weight excluding hydrogens is 364 g/mol. The summed E-state index contributed by atoms with van der Waals surface area (Å²) in [7, 11) is 0. The van der Waals surface area contributed by atoms with E-state index in [0.29, 0.717) is 37.3 Å². The van der Waals surface area contributed by atoms with Crippen molar-refractivity contribution in [2.75, 3.05) is 13.2 Å². The second kappa shape index (κ2) is 9.02. The Labute approximate surface area is 173 Å². The lowest BCUT2D eigenvalue weighted by molar-refractivity contribution is -0.143. The maximum absolute atomic E-state index is 13.1. The van der Waals surface area contributed by atoms with Crippen LogP contribution in [0.3, 0.4) is 0 Å². The van der Waals surface area contributed by atoms with Gasteiger partial charge in [0.1, 0.15) is 6.54 Å². The molecule has 0 N–H and O–H groups in total. The van der Waals surface area contributed by atoms with E-state index in [1.165, 1.54) is 32.1 Å². The van der Waals surface area contributed by atoms with Crippen LogP contribution in [0.5, 0.6) is 0 Å². The number of fused-ring (bicyclic) bond motifs is 2. The number of aromatic nitrogens is 1. The fourth-order valence-electron chi connectivity index (χ4n) is 5.32. The number of aryl methyl sites for hydroxylation is 1. The molecule has 2 heterocycles. The molecule has 2 unspecified atom stereocenters. The van der Waals surface area contributed by atoms with E-state index in [1.807, 2.05) is 35.9 Å². The van der Waals surface area contributed by atoms with Crippen LogP contribution < -0.4 is 0 Å². The fourth-order valence-corrected chi connectivity index (χ4v) is 5.32. The Morgan fingerprint density at radius 2 is 1.90 bits per heavy atom. The minimum Gasteiger partial charge on any atom is -0.465 e. The van der Waals surface area contributed by atoms with Crippen LogP contribution in [0.4, 0.5) is 0 Å². The molecule has 2 aliphatic rings. The van der Waals surface area contributed by atoms with E-state index in [0.717, 1.165) is 29.4 Å². The first-order chi connectivity index (χ1) is 14.2. The largest absolute Gasteiger partial charge is 0.465 e. The Morgan fingerprint density at radius 1 is 1.10 bits per heavy atom. The van der Waals surface area contributed by atoms with Gasteiger partial charge in [-0.15, -0.1) is 0 Å². The number of amides is 1. The van der Waals surface area contributed by atoms with Crippen molar-refractivity contribution in [2.24, 2.45) is 5.92 Å². The highest BCUT2D eigenvalue weighted by Gasteiger charge is 2.35. The van der Waals surface area contributed by atoms with Gasteiger partial charge in [0.15, 0.2) is 0 Å². The van der Waals surface area contributed by atoms with Crippen molar-refractivity contribution in [1.29, 1.82) is 0 Å². The van der Waals surface area contributed by atoms with E-state index in [1.54, 1.807) is 0 Å². The third kappa shape index (κ3) is 4.34. The number of para-hydroxylation sites is 1. The molecule has 2 aromatic rings.